The summed E-state index contributed by atoms with van der Waals surface area (Å²) in [5.74, 6) is 0.644. The average Bonchev–Trinajstić information content (AvgIpc) is 3.95. The molecule has 0 bridgehead atoms. The van der Waals surface area contributed by atoms with Gasteiger partial charge in [-0.1, -0.05) is 164 Å². The third-order valence-electron chi connectivity index (χ3n) is 12.5. The first-order valence-corrected chi connectivity index (χ1v) is 20.5. The fourth-order valence-electron chi connectivity index (χ4n) is 9.81. The topological polar surface area (TPSA) is 35.6 Å². The first-order chi connectivity index (χ1) is 29.8. The Hall–Kier alpha value is -8.08. The lowest BCUT2D eigenvalue weighted by Gasteiger charge is -2.13. The Morgan fingerprint density at radius 2 is 0.800 bits per heavy atom. The molecule has 0 fully saturated rings. The molecule has 4 nitrogen and oxygen atoms in total. The summed E-state index contributed by atoms with van der Waals surface area (Å²) in [5, 5.41) is 7.38. The highest BCUT2D eigenvalue weighted by Crippen LogP contribution is 2.49. The Balaban J connectivity index is 1.01. The molecule has 1 aliphatic carbocycles. The van der Waals surface area contributed by atoms with Gasteiger partial charge in [0.15, 0.2) is 0 Å². The molecular formula is C56H34N4. The maximum atomic E-state index is 5.28. The van der Waals surface area contributed by atoms with E-state index in [9.17, 15) is 0 Å². The van der Waals surface area contributed by atoms with Crippen LogP contribution in [0.5, 0.6) is 0 Å². The maximum Gasteiger partial charge on any atom is 0.235 e. The Labute approximate surface area is 345 Å². The van der Waals surface area contributed by atoms with Crippen LogP contribution in [0.25, 0.3) is 122 Å². The van der Waals surface area contributed by atoms with Gasteiger partial charge in [0.05, 0.1) is 39.1 Å². The Kier molecular flexibility index (Phi) is 6.98. The molecule has 0 atom stereocenters. The molecule has 0 N–H and O–H groups in total. The van der Waals surface area contributed by atoms with Crippen molar-refractivity contribution in [3.63, 3.8) is 0 Å². The van der Waals surface area contributed by atoms with Crippen LogP contribution in [0.1, 0.15) is 0 Å². The second-order valence-electron chi connectivity index (χ2n) is 15.7. The molecule has 0 radical (unpaired) electrons. The number of hydrogen-bond acceptors (Lipinski definition) is 2. The summed E-state index contributed by atoms with van der Waals surface area (Å²) in [5.41, 5.74) is 17.1. The third kappa shape index (κ3) is 4.79. The summed E-state index contributed by atoms with van der Waals surface area (Å²) in [7, 11) is 0. The van der Waals surface area contributed by atoms with E-state index in [1.54, 1.807) is 0 Å². The highest BCUT2D eigenvalue weighted by Gasteiger charge is 2.24. The van der Waals surface area contributed by atoms with Crippen molar-refractivity contribution >= 4 is 54.4 Å². The van der Waals surface area contributed by atoms with E-state index in [0.717, 1.165) is 50.1 Å². The number of hydrogen-bond donors (Lipinski definition) is 0. The van der Waals surface area contributed by atoms with Gasteiger partial charge in [0.2, 0.25) is 5.95 Å². The van der Waals surface area contributed by atoms with Crippen molar-refractivity contribution in [2.45, 2.75) is 0 Å². The van der Waals surface area contributed by atoms with Gasteiger partial charge in [0, 0.05) is 38.1 Å². The molecule has 4 heteroatoms. The van der Waals surface area contributed by atoms with Crippen molar-refractivity contribution in [2.24, 2.45) is 0 Å². The molecule has 3 aromatic heterocycles. The number of nitrogens with zero attached hydrogens (tertiary/aromatic N) is 4. The van der Waals surface area contributed by atoms with E-state index in [2.05, 4.69) is 203 Å². The quantitative estimate of drug-likeness (QED) is 0.175. The molecule has 1 aliphatic rings. The van der Waals surface area contributed by atoms with E-state index < -0.39 is 0 Å². The highest BCUT2D eigenvalue weighted by molar-refractivity contribution is 6.19. The predicted octanol–water partition coefficient (Wildman–Crippen LogP) is 14.5. The van der Waals surface area contributed by atoms with Crippen LogP contribution in [0, 0.1) is 0 Å². The van der Waals surface area contributed by atoms with Crippen LogP contribution in [-0.4, -0.2) is 19.1 Å². The molecule has 0 amide bonds. The zero-order valence-electron chi connectivity index (χ0n) is 32.4. The van der Waals surface area contributed by atoms with Crippen LogP contribution in [0.15, 0.2) is 206 Å². The zero-order chi connectivity index (χ0) is 39.3. The van der Waals surface area contributed by atoms with Gasteiger partial charge < -0.3 is 4.57 Å². The van der Waals surface area contributed by atoms with Gasteiger partial charge in [0.1, 0.15) is 0 Å². The second-order valence-corrected chi connectivity index (χ2v) is 15.7. The van der Waals surface area contributed by atoms with Crippen molar-refractivity contribution in [3.8, 4) is 67.5 Å². The molecule has 12 aromatic rings. The summed E-state index contributed by atoms with van der Waals surface area (Å²) in [4.78, 5) is 10.6. The minimum atomic E-state index is 0.644. The number of rotatable bonds is 5. The van der Waals surface area contributed by atoms with E-state index >= 15 is 0 Å². The summed E-state index contributed by atoms with van der Waals surface area (Å²) in [6.45, 7) is 0. The smallest absolute Gasteiger partial charge is 0.235 e. The molecule has 0 saturated heterocycles. The number of aromatic nitrogens is 4. The average molecular weight is 763 g/mol. The highest BCUT2D eigenvalue weighted by atomic mass is 15.2. The first-order valence-electron chi connectivity index (χ1n) is 20.5. The zero-order valence-corrected chi connectivity index (χ0v) is 32.4. The number of fused-ring (bicyclic) bond motifs is 9. The maximum absolute atomic E-state index is 5.28. The molecule has 3 heterocycles. The van der Waals surface area contributed by atoms with Gasteiger partial charge in [-0.25, -0.2) is 9.97 Å². The van der Waals surface area contributed by atoms with E-state index in [4.69, 9.17) is 9.97 Å². The third-order valence-corrected chi connectivity index (χ3v) is 12.5. The van der Waals surface area contributed by atoms with Crippen LogP contribution >= 0.6 is 0 Å². The fourth-order valence-corrected chi connectivity index (χ4v) is 9.81. The van der Waals surface area contributed by atoms with Crippen molar-refractivity contribution in [1.82, 2.24) is 19.1 Å². The SMILES string of the molecule is c1ccc(-c2cc(-c3ccccc3)nc(-n3c4ccccc4c4ccc(-c5ccc6c(c5)c5ccccc5n6-c5ccc6c7c(cccc57)-c5ccccc5-6)cc43)n2)cc1. The molecule has 278 valence electrons. The fraction of sp³-hybridized carbons (Fsp3) is 0. The molecule has 13 rings (SSSR count). The summed E-state index contributed by atoms with van der Waals surface area (Å²) in [6, 6.07) is 74.3. The van der Waals surface area contributed by atoms with Crippen LogP contribution in [0.4, 0.5) is 0 Å². The number of para-hydroxylation sites is 2. The minimum absolute atomic E-state index is 0.644. The Bertz CT molecular complexity index is 3620. The van der Waals surface area contributed by atoms with Crippen molar-refractivity contribution in [1.29, 1.82) is 0 Å². The molecule has 0 unspecified atom stereocenters. The van der Waals surface area contributed by atoms with E-state index in [0.29, 0.717) is 5.95 Å². The molecule has 0 saturated carbocycles. The second kappa shape index (κ2) is 12.7. The standard InChI is InChI=1S/C56H34N4/c1-3-14-35(15-4-1)48-34-49(36-16-5-2-6-17-36)58-56(57-48)60-51-25-12-9-20-41(51)43-28-26-38(33-54(43)60)37-27-30-53-47(32-37)42-21-10-11-24-50(42)59(53)52-31-29-45-40-19-8-7-18-39(40)44-22-13-23-46(52)55(44)45/h1-34H. The number of benzene rings is 9. The summed E-state index contributed by atoms with van der Waals surface area (Å²) < 4.78 is 4.70. The van der Waals surface area contributed by atoms with Gasteiger partial charge >= 0.3 is 0 Å². The van der Waals surface area contributed by atoms with E-state index in [-0.39, 0.29) is 0 Å². The molecule has 0 aliphatic heterocycles. The largest absolute Gasteiger partial charge is 0.309 e. The van der Waals surface area contributed by atoms with Crippen LogP contribution in [-0.2, 0) is 0 Å². The van der Waals surface area contributed by atoms with E-state index in [1.165, 1.54) is 65.9 Å². The van der Waals surface area contributed by atoms with Crippen LogP contribution < -0.4 is 0 Å². The van der Waals surface area contributed by atoms with Gasteiger partial charge in [0.25, 0.3) is 0 Å². The van der Waals surface area contributed by atoms with Crippen LogP contribution in [0.3, 0.4) is 0 Å². The lowest BCUT2D eigenvalue weighted by molar-refractivity contribution is 0.996. The predicted molar refractivity (Wildman–Crippen MR) is 249 cm³/mol. The molecule has 0 spiro atoms. The van der Waals surface area contributed by atoms with Gasteiger partial charge in [-0.3, -0.25) is 4.57 Å². The lowest BCUT2D eigenvalue weighted by Crippen LogP contribution is -2.04. The monoisotopic (exact) mass is 762 g/mol. The van der Waals surface area contributed by atoms with Gasteiger partial charge in [-0.15, -0.1) is 0 Å². The molecule has 9 aromatic carbocycles. The van der Waals surface area contributed by atoms with E-state index in [1.807, 2.05) is 12.1 Å². The normalized spacial score (nSPS) is 12.0. The summed E-state index contributed by atoms with van der Waals surface area (Å²) >= 11 is 0. The first kappa shape index (κ1) is 32.9. The Morgan fingerprint density at radius 3 is 1.52 bits per heavy atom. The van der Waals surface area contributed by atoms with Crippen molar-refractivity contribution in [2.75, 3.05) is 0 Å². The minimum Gasteiger partial charge on any atom is -0.309 e. The van der Waals surface area contributed by atoms with Gasteiger partial charge in [-0.05, 0) is 81.2 Å². The van der Waals surface area contributed by atoms with Crippen LogP contribution in [0.2, 0.25) is 0 Å². The van der Waals surface area contributed by atoms with Crippen molar-refractivity contribution < 1.29 is 0 Å². The molecule has 60 heavy (non-hydrogen) atoms. The molecular weight excluding hydrogens is 729 g/mol. The van der Waals surface area contributed by atoms with Crippen molar-refractivity contribution in [3.05, 3.63) is 206 Å². The lowest BCUT2D eigenvalue weighted by atomic mass is 10.0. The summed E-state index contributed by atoms with van der Waals surface area (Å²) in [6.07, 6.45) is 0. The van der Waals surface area contributed by atoms with Gasteiger partial charge in [-0.2, -0.15) is 0 Å². The Morgan fingerprint density at radius 1 is 0.283 bits per heavy atom.